The van der Waals surface area contributed by atoms with Gasteiger partial charge in [-0.15, -0.1) is 5.10 Å². The van der Waals surface area contributed by atoms with Gasteiger partial charge in [0.25, 0.3) is 5.91 Å². The number of ether oxygens (including phenoxy) is 1. The van der Waals surface area contributed by atoms with Crippen LogP contribution >= 0.6 is 11.6 Å². The molecule has 5 heterocycles. The molecule has 9 nitrogen and oxygen atoms in total. The molecule has 1 fully saturated rings. The number of nitrogens with one attached hydrogen (secondary N) is 1. The van der Waals surface area contributed by atoms with Crippen LogP contribution in [-0.2, 0) is 0 Å². The first-order valence-electron chi connectivity index (χ1n) is 12.0. The number of pyridine rings is 2. The van der Waals surface area contributed by atoms with Gasteiger partial charge in [0.05, 0.1) is 40.5 Å². The van der Waals surface area contributed by atoms with Crippen molar-refractivity contribution in [3.05, 3.63) is 71.4 Å². The van der Waals surface area contributed by atoms with Gasteiger partial charge in [-0.05, 0) is 37.3 Å². The fourth-order valence-electron chi connectivity index (χ4n) is 4.74. The van der Waals surface area contributed by atoms with Gasteiger partial charge in [0.2, 0.25) is 0 Å². The van der Waals surface area contributed by atoms with Crippen LogP contribution in [0.4, 0.5) is 10.2 Å². The van der Waals surface area contributed by atoms with Crippen molar-refractivity contribution in [1.29, 1.82) is 0 Å². The van der Waals surface area contributed by atoms with Crippen molar-refractivity contribution in [2.45, 2.75) is 6.92 Å². The van der Waals surface area contributed by atoms with E-state index in [1.165, 1.54) is 18.2 Å². The number of aromatic nitrogens is 5. The molecule has 37 heavy (non-hydrogen) atoms. The zero-order valence-corrected chi connectivity index (χ0v) is 20.7. The van der Waals surface area contributed by atoms with Gasteiger partial charge in [0.1, 0.15) is 17.4 Å². The molecule has 1 aromatic carbocycles. The van der Waals surface area contributed by atoms with Gasteiger partial charge < -0.3 is 14.5 Å². The Morgan fingerprint density at radius 1 is 1.16 bits per heavy atom. The third-order valence-corrected chi connectivity index (χ3v) is 6.85. The number of hydrogen-bond donors (Lipinski definition) is 1. The van der Waals surface area contributed by atoms with Crippen molar-refractivity contribution in [2.24, 2.45) is 0 Å². The molecule has 4 aromatic heterocycles. The molecule has 1 saturated heterocycles. The monoisotopic (exact) mass is 519 g/mol. The highest BCUT2D eigenvalue weighted by molar-refractivity contribution is 6.33. The summed E-state index contributed by atoms with van der Waals surface area (Å²) in [4.78, 5) is 21.3. The van der Waals surface area contributed by atoms with E-state index < -0.39 is 11.7 Å². The number of carbonyl (C=O) groups excluding carboxylic acids is 1. The lowest BCUT2D eigenvalue weighted by Gasteiger charge is -2.35. The van der Waals surface area contributed by atoms with Gasteiger partial charge >= 0.3 is 0 Å². The molecular weight excluding hydrogens is 497 g/mol. The molecule has 0 spiro atoms. The van der Waals surface area contributed by atoms with Crippen molar-refractivity contribution in [2.75, 3.05) is 37.7 Å². The Hall–Kier alpha value is -4.18. The van der Waals surface area contributed by atoms with Crippen LogP contribution in [0.25, 0.3) is 27.7 Å². The zero-order valence-electron chi connectivity index (χ0n) is 20.0. The quantitative estimate of drug-likeness (QED) is 0.369. The minimum absolute atomic E-state index is 0.0766. The van der Waals surface area contributed by atoms with Gasteiger partial charge in [-0.1, -0.05) is 17.7 Å². The molecule has 1 aliphatic heterocycles. The fourth-order valence-corrected chi connectivity index (χ4v) is 4.98. The second kappa shape index (κ2) is 9.36. The fraction of sp³-hybridized carbons (Fsp3) is 0.231. The van der Waals surface area contributed by atoms with Crippen LogP contribution in [0.2, 0.25) is 5.02 Å². The van der Waals surface area contributed by atoms with Crippen molar-refractivity contribution in [3.8, 4) is 16.9 Å². The predicted octanol–water partition coefficient (Wildman–Crippen LogP) is 4.43. The Balaban J connectivity index is 1.23. The minimum Gasteiger partial charge on any atom is -0.492 e. The lowest BCUT2D eigenvalue weighted by Crippen LogP contribution is -2.49. The van der Waals surface area contributed by atoms with Crippen LogP contribution in [0.3, 0.4) is 0 Å². The van der Waals surface area contributed by atoms with E-state index in [2.05, 4.69) is 20.2 Å². The number of anilines is 1. The van der Waals surface area contributed by atoms with Crippen molar-refractivity contribution in [1.82, 2.24) is 29.7 Å². The zero-order chi connectivity index (χ0) is 25.5. The Bertz CT molecular complexity index is 1590. The van der Waals surface area contributed by atoms with Crippen LogP contribution in [-0.4, -0.2) is 68.4 Å². The average Bonchev–Trinajstić information content (AvgIpc) is 3.50. The Morgan fingerprint density at radius 2 is 2.00 bits per heavy atom. The summed E-state index contributed by atoms with van der Waals surface area (Å²) >= 11 is 6.09. The maximum absolute atomic E-state index is 14.2. The maximum Gasteiger partial charge on any atom is 0.258 e. The molecule has 1 N–H and O–H groups in total. The molecule has 0 radical (unpaired) electrons. The number of fused-ring (bicyclic) bond motifs is 3. The van der Waals surface area contributed by atoms with E-state index in [0.29, 0.717) is 44.2 Å². The summed E-state index contributed by atoms with van der Waals surface area (Å²) in [6.45, 7) is 4.52. The van der Waals surface area contributed by atoms with E-state index in [1.54, 1.807) is 15.6 Å². The van der Waals surface area contributed by atoms with Gasteiger partial charge in [-0.25, -0.2) is 13.9 Å². The third kappa shape index (κ3) is 4.13. The van der Waals surface area contributed by atoms with Crippen molar-refractivity contribution in [3.63, 3.8) is 0 Å². The van der Waals surface area contributed by atoms with Crippen molar-refractivity contribution < 1.29 is 13.9 Å². The highest BCUT2D eigenvalue weighted by atomic mass is 35.5. The van der Waals surface area contributed by atoms with Crippen LogP contribution in [0.1, 0.15) is 17.3 Å². The van der Waals surface area contributed by atoms with E-state index in [9.17, 15) is 9.18 Å². The predicted molar refractivity (Wildman–Crippen MR) is 139 cm³/mol. The minimum atomic E-state index is -0.606. The Kier molecular flexibility index (Phi) is 5.88. The van der Waals surface area contributed by atoms with Crippen LogP contribution < -0.4 is 9.64 Å². The topological polar surface area (TPSA) is 91.6 Å². The molecular formula is C26H23ClFN7O2. The van der Waals surface area contributed by atoms with E-state index in [1.807, 2.05) is 37.5 Å². The smallest absolute Gasteiger partial charge is 0.258 e. The SMILES string of the molecule is CCOc1cc(-c2ccc(N3CCN(C(=O)c4c(F)cccc4Cl)CC3)nc2)c2c3cn[nH]c3nn2c1. The van der Waals surface area contributed by atoms with E-state index in [-0.39, 0.29) is 10.6 Å². The van der Waals surface area contributed by atoms with E-state index in [4.69, 9.17) is 21.3 Å². The van der Waals surface area contributed by atoms with Crippen LogP contribution in [0.15, 0.2) is 55.0 Å². The third-order valence-electron chi connectivity index (χ3n) is 6.54. The first-order chi connectivity index (χ1) is 18.0. The summed E-state index contributed by atoms with van der Waals surface area (Å²) in [6, 6.07) is 10.2. The summed E-state index contributed by atoms with van der Waals surface area (Å²) in [5.41, 5.74) is 3.39. The summed E-state index contributed by atoms with van der Waals surface area (Å²) in [5, 5.41) is 12.6. The summed E-state index contributed by atoms with van der Waals surface area (Å²) < 4.78 is 21.8. The lowest BCUT2D eigenvalue weighted by atomic mass is 10.1. The van der Waals surface area contributed by atoms with Gasteiger partial charge in [-0.3, -0.25) is 9.89 Å². The first kappa shape index (κ1) is 23.2. The first-order valence-corrected chi connectivity index (χ1v) is 12.3. The number of rotatable bonds is 5. The number of amides is 1. The molecule has 0 atom stereocenters. The number of H-pyrrole nitrogens is 1. The molecule has 1 aliphatic rings. The number of aromatic amines is 1. The number of benzene rings is 1. The molecule has 11 heteroatoms. The summed E-state index contributed by atoms with van der Waals surface area (Å²) in [6.07, 6.45) is 5.45. The second-order valence-electron chi connectivity index (χ2n) is 8.73. The normalized spacial score (nSPS) is 14.0. The average molecular weight is 520 g/mol. The molecule has 0 aliphatic carbocycles. The molecule has 1 amide bonds. The Morgan fingerprint density at radius 3 is 2.73 bits per heavy atom. The molecule has 0 unspecified atom stereocenters. The number of carbonyl (C=O) groups is 1. The number of piperazine rings is 1. The highest BCUT2D eigenvalue weighted by Gasteiger charge is 2.26. The summed E-state index contributed by atoms with van der Waals surface area (Å²) in [7, 11) is 0. The van der Waals surface area contributed by atoms with Gasteiger partial charge in [0, 0.05) is 43.5 Å². The molecule has 5 aromatic rings. The summed E-state index contributed by atoms with van der Waals surface area (Å²) in [5.74, 6) is 0.517. The van der Waals surface area contributed by atoms with Gasteiger partial charge in [0.15, 0.2) is 5.65 Å². The molecule has 6 rings (SSSR count). The van der Waals surface area contributed by atoms with Gasteiger partial charge in [-0.2, -0.15) is 5.10 Å². The van der Waals surface area contributed by atoms with E-state index >= 15 is 0 Å². The lowest BCUT2D eigenvalue weighted by molar-refractivity contribution is 0.0742. The van der Waals surface area contributed by atoms with Crippen LogP contribution in [0, 0.1) is 5.82 Å². The second-order valence-corrected chi connectivity index (χ2v) is 9.14. The van der Waals surface area contributed by atoms with Crippen molar-refractivity contribution >= 4 is 39.9 Å². The molecule has 0 bridgehead atoms. The highest BCUT2D eigenvalue weighted by Crippen LogP contribution is 2.33. The number of hydrogen-bond acceptors (Lipinski definition) is 6. The number of halogens is 2. The Labute approximate surface area is 216 Å². The molecule has 0 saturated carbocycles. The number of nitrogens with zero attached hydrogens (tertiary/aromatic N) is 6. The van der Waals surface area contributed by atoms with Crippen LogP contribution in [0.5, 0.6) is 5.75 Å². The standard InChI is InChI=1S/C26H23ClFN7O2/c1-2-37-17-12-18(24-19-14-30-31-25(19)32-35(24)15-17)16-6-7-22(29-13-16)33-8-10-34(11-9-33)26(36)23-20(27)4-3-5-21(23)28/h3-7,12-15H,2,8-11H2,1H3,(H,31,32). The van der Waals surface area contributed by atoms with E-state index in [0.717, 1.165) is 27.8 Å². The maximum atomic E-state index is 14.2. The molecule has 188 valence electrons. The largest absolute Gasteiger partial charge is 0.492 e.